The molecule has 4 fully saturated rings. The number of piperazine rings is 1. The van der Waals surface area contributed by atoms with Crippen molar-refractivity contribution in [3.8, 4) is 6.07 Å². The Balaban J connectivity index is 1.21. The third-order valence-electron chi connectivity index (χ3n) is 6.86. The SMILES string of the molecule is CC1C2CN(C(=O)COC3(c4ccc(F)c(F)c4)CC3)CC1N2c1ccc(C#N)cn1. The largest absolute Gasteiger partial charge is 0.360 e. The monoisotopic (exact) mass is 424 g/mol. The first-order valence-electron chi connectivity index (χ1n) is 10.4. The zero-order valence-electron chi connectivity index (χ0n) is 17.1. The van der Waals surface area contributed by atoms with Gasteiger partial charge in [0.2, 0.25) is 5.91 Å². The fourth-order valence-electron chi connectivity index (χ4n) is 4.79. The summed E-state index contributed by atoms with van der Waals surface area (Å²) in [5, 5.41) is 8.95. The number of carbonyl (C=O) groups excluding carboxylic acids is 1. The molecule has 31 heavy (non-hydrogen) atoms. The van der Waals surface area contributed by atoms with E-state index in [0.717, 1.165) is 18.0 Å². The van der Waals surface area contributed by atoms with E-state index in [4.69, 9.17) is 10.00 Å². The molecular formula is C23H22F2N4O2. The van der Waals surface area contributed by atoms with Crippen molar-refractivity contribution in [2.75, 3.05) is 24.6 Å². The maximum atomic E-state index is 13.6. The number of carbonyl (C=O) groups is 1. The number of pyridine rings is 1. The number of hydrogen-bond acceptors (Lipinski definition) is 5. The average Bonchev–Trinajstić information content (AvgIpc) is 3.59. The van der Waals surface area contributed by atoms with Crippen LogP contribution < -0.4 is 4.90 Å². The topological polar surface area (TPSA) is 69.5 Å². The second kappa shape index (κ2) is 7.27. The zero-order valence-corrected chi connectivity index (χ0v) is 17.1. The van der Waals surface area contributed by atoms with Crippen molar-refractivity contribution in [3.63, 3.8) is 0 Å². The number of anilines is 1. The molecule has 8 heteroatoms. The minimum atomic E-state index is -0.902. The van der Waals surface area contributed by atoms with Crippen LogP contribution in [0, 0.1) is 28.9 Å². The predicted molar refractivity (Wildman–Crippen MR) is 108 cm³/mol. The van der Waals surface area contributed by atoms with Crippen molar-refractivity contribution in [3.05, 3.63) is 59.3 Å². The molecule has 1 aromatic carbocycles. The molecule has 4 heterocycles. The number of hydrogen-bond donors (Lipinski definition) is 0. The lowest BCUT2D eigenvalue weighted by molar-refractivity contribution is -0.143. The molecule has 1 saturated carbocycles. The first kappa shape index (κ1) is 19.9. The molecule has 3 saturated heterocycles. The maximum absolute atomic E-state index is 13.6. The van der Waals surface area contributed by atoms with E-state index in [1.807, 2.05) is 11.0 Å². The van der Waals surface area contributed by atoms with Gasteiger partial charge in [0.1, 0.15) is 18.5 Å². The highest BCUT2D eigenvalue weighted by Gasteiger charge is 2.53. The van der Waals surface area contributed by atoms with Gasteiger partial charge in [0.05, 0.1) is 23.2 Å². The minimum Gasteiger partial charge on any atom is -0.360 e. The van der Waals surface area contributed by atoms with E-state index in [9.17, 15) is 13.6 Å². The van der Waals surface area contributed by atoms with Gasteiger partial charge < -0.3 is 14.5 Å². The van der Waals surface area contributed by atoms with Crippen LogP contribution in [-0.4, -0.2) is 47.6 Å². The lowest BCUT2D eigenvalue weighted by Crippen LogP contribution is -2.75. The molecule has 1 aliphatic carbocycles. The van der Waals surface area contributed by atoms with E-state index in [2.05, 4.69) is 22.9 Å². The number of nitrogens with zero attached hydrogens (tertiary/aromatic N) is 4. The van der Waals surface area contributed by atoms with Gasteiger partial charge in [-0.1, -0.05) is 13.0 Å². The van der Waals surface area contributed by atoms with Gasteiger partial charge >= 0.3 is 0 Å². The summed E-state index contributed by atoms with van der Waals surface area (Å²) in [5.41, 5.74) is 0.410. The first-order chi connectivity index (χ1) is 14.9. The number of fused-ring (bicyclic) bond motifs is 2. The fraction of sp³-hybridized carbons (Fsp3) is 0.435. The van der Waals surface area contributed by atoms with Crippen LogP contribution in [0.1, 0.15) is 30.9 Å². The van der Waals surface area contributed by atoms with Crippen LogP contribution in [0.3, 0.4) is 0 Å². The highest BCUT2D eigenvalue weighted by Crippen LogP contribution is 2.49. The molecule has 2 bridgehead atoms. The summed E-state index contributed by atoms with van der Waals surface area (Å²) in [7, 11) is 0. The molecular weight excluding hydrogens is 402 g/mol. The van der Waals surface area contributed by atoms with Crippen LogP contribution in [0.4, 0.5) is 14.6 Å². The summed E-state index contributed by atoms with van der Waals surface area (Å²) in [6, 6.07) is 9.80. The highest BCUT2D eigenvalue weighted by atomic mass is 19.2. The molecule has 6 rings (SSSR count). The Morgan fingerprint density at radius 2 is 1.97 bits per heavy atom. The number of ether oxygens (including phenoxy) is 1. The van der Waals surface area contributed by atoms with Gasteiger partial charge in [-0.05, 0) is 42.7 Å². The molecule has 1 amide bonds. The van der Waals surface area contributed by atoms with Gasteiger partial charge in [-0.3, -0.25) is 4.79 Å². The predicted octanol–water partition coefficient (Wildman–Crippen LogP) is 2.97. The summed E-state index contributed by atoms with van der Waals surface area (Å²) in [6.45, 7) is 3.26. The second-order valence-electron chi connectivity index (χ2n) is 8.63. The number of nitriles is 1. The zero-order chi connectivity index (χ0) is 21.8. The fourth-order valence-corrected chi connectivity index (χ4v) is 4.79. The van der Waals surface area contributed by atoms with Crippen LogP contribution >= 0.6 is 0 Å². The molecule has 0 radical (unpaired) electrons. The van der Waals surface area contributed by atoms with E-state index < -0.39 is 17.2 Å². The van der Waals surface area contributed by atoms with Crippen LogP contribution in [-0.2, 0) is 15.1 Å². The van der Waals surface area contributed by atoms with Crippen molar-refractivity contribution < 1.29 is 18.3 Å². The third-order valence-corrected chi connectivity index (χ3v) is 6.86. The number of rotatable bonds is 5. The summed E-state index contributed by atoms with van der Waals surface area (Å²) in [5.74, 6) is -0.618. The normalized spacial score (nSPS) is 25.5. The molecule has 0 N–H and O–H groups in total. The Morgan fingerprint density at radius 3 is 2.55 bits per heavy atom. The Kier molecular flexibility index (Phi) is 4.67. The number of piperidine rings is 1. The van der Waals surface area contributed by atoms with E-state index in [1.165, 1.54) is 6.07 Å². The average molecular weight is 424 g/mol. The number of amides is 1. The molecule has 0 spiro atoms. The van der Waals surface area contributed by atoms with Crippen LogP contribution in [0.25, 0.3) is 0 Å². The van der Waals surface area contributed by atoms with Gasteiger partial charge in [0, 0.05) is 25.2 Å². The first-order valence-corrected chi connectivity index (χ1v) is 10.4. The maximum Gasteiger partial charge on any atom is 0.248 e. The molecule has 3 aliphatic heterocycles. The molecule has 160 valence electrons. The second-order valence-corrected chi connectivity index (χ2v) is 8.63. The number of aromatic nitrogens is 1. The van der Waals surface area contributed by atoms with Gasteiger partial charge in [-0.25, -0.2) is 13.8 Å². The molecule has 1 aromatic heterocycles. The Labute approximate surface area is 179 Å². The van der Waals surface area contributed by atoms with Crippen molar-refractivity contribution >= 4 is 11.7 Å². The lowest BCUT2D eigenvalue weighted by atomic mass is 9.77. The molecule has 2 atom stereocenters. The minimum absolute atomic E-state index is 0.0814. The van der Waals surface area contributed by atoms with Crippen LogP contribution in [0.15, 0.2) is 36.5 Å². The van der Waals surface area contributed by atoms with Crippen molar-refractivity contribution in [2.24, 2.45) is 5.92 Å². The Hall–Kier alpha value is -3.05. The highest BCUT2D eigenvalue weighted by molar-refractivity contribution is 5.78. The smallest absolute Gasteiger partial charge is 0.248 e. The van der Waals surface area contributed by atoms with E-state index >= 15 is 0 Å². The summed E-state index contributed by atoms with van der Waals surface area (Å²) in [6.07, 6.45) is 2.94. The quantitative estimate of drug-likeness (QED) is 0.738. The molecule has 4 aliphatic rings. The van der Waals surface area contributed by atoms with Gasteiger partial charge in [-0.2, -0.15) is 5.26 Å². The number of benzene rings is 1. The molecule has 6 nitrogen and oxygen atoms in total. The number of halogens is 2. The standard InChI is InChI=1S/C23H22F2N4O2/c1-14-19-11-28(12-20(14)29(19)21-5-2-15(9-26)10-27-21)22(30)13-31-23(6-7-23)16-3-4-17(24)18(25)8-16/h2-5,8,10,14,19-20H,6-7,11-13H2,1H3. The van der Waals surface area contributed by atoms with E-state index in [1.54, 1.807) is 12.3 Å². The van der Waals surface area contributed by atoms with Crippen molar-refractivity contribution in [2.45, 2.75) is 37.5 Å². The van der Waals surface area contributed by atoms with E-state index in [0.29, 0.717) is 43.0 Å². The van der Waals surface area contributed by atoms with Gasteiger partial charge in [-0.15, -0.1) is 0 Å². The Morgan fingerprint density at radius 1 is 1.23 bits per heavy atom. The molecule has 2 unspecified atom stereocenters. The molecule has 2 aromatic rings. The summed E-state index contributed by atoms with van der Waals surface area (Å²) < 4.78 is 32.7. The third kappa shape index (κ3) is 3.33. The summed E-state index contributed by atoms with van der Waals surface area (Å²) >= 11 is 0. The summed E-state index contributed by atoms with van der Waals surface area (Å²) in [4.78, 5) is 21.3. The van der Waals surface area contributed by atoms with Gasteiger partial charge in [0.15, 0.2) is 11.6 Å². The van der Waals surface area contributed by atoms with Crippen LogP contribution in [0.2, 0.25) is 0 Å². The van der Waals surface area contributed by atoms with Crippen molar-refractivity contribution in [1.82, 2.24) is 9.88 Å². The van der Waals surface area contributed by atoms with Crippen molar-refractivity contribution in [1.29, 1.82) is 5.26 Å². The van der Waals surface area contributed by atoms with Gasteiger partial charge in [0.25, 0.3) is 0 Å². The van der Waals surface area contributed by atoms with Crippen LogP contribution in [0.5, 0.6) is 0 Å². The van der Waals surface area contributed by atoms with E-state index in [-0.39, 0.29) is 24.6 Å². The Bertz CT molecular complexity index is 1050. The lowest BCUT2D eigenvalue weighted by Gasteiger charge is -2.61.